The largest absolute Gasteiger partial charge is 0.352 e. The molecule has 6 heteroatoms. The molecule has 0 unspecified atom stereocenters. The third-order valence-electron chi connectivity index (χ3n) is 5.45. The maximum Gasteiger partial charge on any atom is 0.276 e. The zero-order valence-electron chi connectivity index (χ0n) is 17.4. The van der Waals surface area contributed by atoms with Gasteiger partial charge in [0, 0.05) is 16.1 Å². The van der Waals surface area contributed by atoms with Crippen LogP contribution < -0.4 is 10.9 Å². The Balaban J connectivity index is 1.55. The Kier molecular flexibility index (Phi) is 5.68. The molecule has 4 rings (SSSR count). The number of nitrogens with one attached hydrogen (secondary N) is 1. The predicted octanol–water partition coefficient (Wildman–Crippen LogP) is 4.62. The maximum absolute atomic E-state index is 13.2. The van der Waals surface area contributed by atoms with Crippen molar-refractivity contribution in [3.05, 3.63) is 76.2 Å². The summed E-state index contributed by atoms with van der Waals surface area (Å²) in [6.45, 7) is 5.61. The van der Waals surface area contributed by atoms with Gasteiger partial charge in [-0.25, -0.2) is 4.68 Å². The first-order valence-electron chi connectivity index (χ1n) is 10.2. The van der Waals surface area contributed by atoms with Crippen molar-refractivity contribution >= 4 is 37.4 Å². The smallest absolute Gasteiger partial charge is 0.276 e. The van der Waals surface area contributed by atoms with E-state index in [4.69, 9.17) is 0 Å². The summed E-state index contributed by atoms with van der Waals surface area (Å²) in [6, 6.07) is 17.4. The summed E-state index contributed by atoms with van der Waals surface area (Å²) in [4.78, 5) is 26.1. The Morgan fingerprint density at radius 3 is 2.57 bits per heavy atom. The van der Waals surface area contributed by atoms with Crippen molar-refractivity contribution in [1.29, 1.82) is 0 Å². The van der Waals surface area contributed by atoms with Crippen LogP contribution in [0.5, 0.6) is 0 Å². The van der Waals surface area contributed by atoms with Crippen LogP contribution >= 0.6 is 11.3 Å². The molecule has 1 N–H and O–H groups in total. The van der Waals surface area contributed by atoms with E-state index in [-0.39, 0.29) is 17.5 Å². The van der Waals surface area contributed by atoms with Gasteiger partial charge in [-0.3, -0.25) is 9.59 Å². The first-order chi connectivity index (χ1) is 14.5. The Morgan fingerprint density at radius 2 is 1.80 bits per heavy atom. The number of amides is 1. The van der Waals surface area contributed by atoms with E-state index in [1.165, 1.54) is 10.2 Å². The van der Waals surface area contributed by atoms with Gasteiger partial charge < -0.3 is 5.32 Å². The molecule has 5 nitrogen and oxygen atoms in total. The standard InChI is InChI=1S/C24H25N3O2S/c1-15(13-14-18-9-5-4-6-10-18)25-23(28)17(3)27-24(29)21-19-11-7-8-12-20(19)30-22(21)16(2)26-27/h4-12,15,17H,13-14H2,1-3H3,(H,25,28)/t15-,17+/m0/s1. The van der Waals surface area contributed by atoms with Crippen LogP contribution in [0.3, 0.4) is 0 Å². The van der Waals surface area contributed by atoms with Gasteiger partial charge in [0.15, 0.2) is 0 Å². The van der Waals surface area contributed by atoms with Gasteiger partial charge in [0.2, 0.25) is 5.91 Å². The maximum atomic E-state index is 13.2. The van der Waals surface area contributed by atoms with Gasteiger partial charge in [-0.2, -0.15) is 5.10 Å². The average Bonchev–Trinajstić information content (AvgIpc) is 3.15. The number of hydrogen-bond acceptors (Lipinski definition) is 4. The molecule has 4 aromatic rings. The van der Waals surface area contributed by atoms with Crippen molar-refractivity contribution in [2.75, 3.05) is 0 Å². The molecule has 0 aliphatic carbocycles. The second-order valence-corrected chi connectivity index (χ2v) is 8.80. The number of thiophene rings is 1. The van der Waals surface area contributed by atoms with E-state index >= 15 is 0 Å². The molecule has 2 aromatic heterocycles. The molecule has 0 fully saturated rings. The van der Waals surface area contributed by atoms with Gasteiger partial charge in [-0.15, -0.1) is 11.3 Å². The lowest BCUT2D eigenvalue weighted by Gasteiger charge is -2.19. The van der Waals surface area contributed by atoms with Crippen molar-refractivity contribution in [1.82, 2.24) is 15.1 Å². The number of aromatic nitrogens is 2. The first kappa shape index (κ1) is 20.3. The first-order valence-corrected chi connectivity index (χ1v) is 11.0. The van der Waals surface area contributed by atoms with Gasteiger partial charge in [0.05, 0.1) is 15.8 Å². The molecule has 1 amide bonds. The van der Waals surface area contributed by atoms with E-state index in [1.54, 1.807) is 18.3 Å². The summed E-state index contributed by atoms with van der Waals surface area (Å²) in [5.41, 5.74) is 1.80. The summed E-state index contributed by atoms with van der Waals surface area (Å²) >= 11 is 1.57. The molecular weight excluding hydrogens is 394 g/mol. The molecule has 2 atom stereocenters. The van der Waals surface area contributed by atoms with Gasteiger partial charge >= 0.3 is 0 Å². The summed E-state index contributed by atoms with van der Waals surface area (Å²) in [7, 11) is 0. The molecule has 30 heavy (non-hydrogen) atoms. The van der Waals surface area contributed by atoms with Crippen LogP contribution in [0.4, 0.5) is 0 Å². The fourth-order valence-electron chi connectivity index (χ4n) is 3.72. The van der Waals surface area contributed by atoms with E-state index in [0.29, 0.717) is 5.39 Å². The highest BCUT2D eigenvalue weighted by Crippen LogP contribution is 2.32. The lowest BCUT2D eigenvalue weighted by atomic mass is 10.1. The molecular formula is C24H25N3O2S. The fraction of sp³-hybridized carbons (Fsp3) is 0.292. The van der Waals surface area contributed by atoms with Crippen LogP contribution in [0, 0.1) is 6.92 Å². The zero-order valence-corrected chi connectivity index (χ0v) is 18.2. The number of carbonyl (C=O) groups is 1. The van der Waals surface area contributed by atoms with Crippen molar-refractivity contribution in [3.8, 4) is 0 Å². The summed E-state index contributed by atoms with van der Waals surface area (Å²) < 4.78 is 3.27. The molecule has 0 aliphatic heterocycles. The van der Waals surface area contributed by atoms with Crippen LogP contribution in [0.2, 0.25) is 0 Å². The predicted molar refractivity (Wildman–Crippen MR) is 123 cm³/mol. The van der Waals surface area contributed by atoms with E-state index < -0.39 is 6.04 Å². The van der Waals surface area contributed by atoms with Gasteiger partial charge in [0.25, 0.3) is 5.56 Å². The Labute approximate surface area is 179 Å². The van der Waals surface area contributed by atoms with Crippen molar-refractivity contribution < 1.29 is 4.79 Å². The number of fused-ring (bicyclic) bond motifs is 3. The molecule has 0 saturated heterocycles. The monoisotopic (exact) mass is 419 g/mol. The van der Waals surface area contributed by atoms with Crippen LogP contribution in [0.25, 0.3) is 20.2 Å². The van der Waals surface area contributed by atoms with Gasteiger partial charge in [-0.1, -0.05) is 48.5 Å². The quantitative estimate of drug-likeness (QED) is 0.496. The molecule has 2 heterocycles. The molecule has 154 valence electrons. The second kappa shape index (κ2) is 8.40. The Hall–Kier alpha value is -2.99. The van der Waals surface area contributed by atoms with Crippen LogP contribution in [0.1, 0.15) is 37.6 Å². The third-order valence-corrected chi connectivity index (χ3v) is 6.73. The molecule has 0 spiro atoms. The van der Waals surface area contributed by atoms with E-state index in [0.717, 1.165) is 33.3 Å². The second-order valence-electron chi connectivity index (χ2n) is 7.75. The van der Waals surface area contributed by atoms with Crippen molar-refractivity contribution in [2.24, 2.45) is 0 Å². The van der Waals surface area contributed by atoms with Crippen LogP contribution in [-0.2, 0) is 11.2 Å². The van der Waals surface area contributed by atoms with Gasteiger partial charge in [-0.05, 0) is 45.2 Å². The van der Waals surface area contributed by atoms with Gasteiger partial charge in [0.1, 0.15) is 6.04 Å². The Bertz CT molecular complexity index is 1260. The highest BCUT2D eigenvalue weighted by Gasteiger charge is 2.22. The number of hydrogen-bond donors (Lipinski definition) is 1. The number of rotatable bonds is 6. The lowest BCUT2D eigenvalue weighted by molar-refractivity contribution is -0.124. The lowest BCUT2D eigenvalue weighted by Crippen LogP contribution is -2.41. The van der Waals surface area contributed by atoms with Crippen molar-refractivity contribution in [3.63, 3.8) is 0 Å². The minimum Gasteiger partial charge on any atom is -0.352 e. The third kappa shape index (κ3) is 3.87. The van der Waals surface area contributed by atoms with Crippen LogP contribution in [0.15, 0.2) is 59.4 Å². The van der Waals surface area contributed by atoms with E-state index in [9.17, 15) is 9.59 Å². The SMILES string of the molecule is Cc1nn([C@H](C)C(=O)N[C@@H](C)CCc2ccccc2)c(=O)c2c1sc1ccccc12. The minimum absolute atomic E-state index is 0.00247. The Morgan fingerprint density at radius 1 is 1.10 bits per heavy atom. The topological polar surface area (TPSA) is 64.0 Å². The molecule has 0 saturated carbocycles. The summed E-state index contributed by atoms with van der Waals surface area (Å²) in [6.07, 6.45) is 1.72. The number of aryl methyl sites for hydroxylation is 2. The zero-order chi connectivity index (χ0) is 21.3. The number of carbonyl (C=O) groups excluding carboxylic acids is 1. The number of nitrogens with zero attached hydrogens (tertiary/aromatic N) is 2. The van der Waals surface area contributed by atoms with E-state index in [1.807, 2.05) is 56.3 Å². The fourth-order valence-corrected chi connectivity index (χ4v) is 4.85. The minimum atomic E-state index is -0.682. The normalized spacial score (nSPS) is 13.4. The summed E-state index contributed by atoms with van der Waals surface area (Å²) in [5, 5.41) is 9.08. The van der Waals surface area contributed by atoms with Crippen molar-refractivity contribution in [2.45, 2.75) is 45.7 Å². The molecule has 2 aromatic carbocycles. The van der Waals surface area contributed by atoms with E-state index in [2.05, 4.69) is 22.5 Å². The summed E-state index contributed by atoms with van der Waals surface area (Å²) in [5.74, 6) is -0.191. The number of benzene rings is 2. The molecule has 0 bridgehead atoms. The van der Waals surface area contributed by atoms with Crippen LogP contribution in [-0.4, -0.2) is 21.7 Å². The highest BCUT2D eigenvalue weighted by atomic mass is 32.1. The molecule has 0 aliphatic rings. The highest BCUT2D eigenvalue weighted by molar-refractivity contribution is 7.26. The molecule has 0 radical (unpaired) electrons. The average molecular weight is 420 g/mol.